The Morgan fingerprint density at radius 2 is 2.00 bits per heavy atom. The molecule has 0 bridgehead atoms. The van der Waals surface area contributed by atoms with Crippen LogP contribution in [0.4, 0.5) is 0 Å². The third-order valence-electron chi connectivity index (χ3n) is 3.97. The summed E-state index contributed by atoms with van der Waals surface area (Å²) < 4.78 is 5.16. The van der Waals surface area contributed by atoms with Crippen LogP contribution in [0.5, 0.6) is 0 Å². The first kappa shape index (κ1) is 12.4. The molecule has 2 heteroatoms. The third kappa shape index (κ3) is 2.31. The maximum Gasteiger partial charge on any atom is 0.334 e. The van der Waals surface area contributed by atoms with Gasteiger partial charge in [0.15, 0.2) is 0 Å². The Bertz CT molecular complexity index is 397. The molecule has 0 aromatic carbocycles. The Labute approximate surface area is 104 Å². The third-order valence-corrected chi connectivity index (χ3v) is 3.97. The fourth-order valence-corrected chi connectivity index (χ4v) is 2.76. The van der Waals surface area contributed by atoms with E-state index in [0.717, 1.165) is 12.0 Å². The maximum absolute atomic E-state index is 11.6. The first-order chi connectivity index (χ1) is 7.82. The second kappa shape index (κ2) is 4.01. The molecule has 1 saturated heterocycles. The van der Waals surface area contributed by atoms with Crippen LogP contribution < -0.4 is 0 Å². The molecule has 17 heavy (non-hydrogen) atoms. The predicted octanol–water partition coefficient (Wildman–Crippen LogP) is 3.49. The average molecular weight is 234 g/mol. The van der Waals surface area contributed by atoms with E-state index in [-0.39, 0.29) is 17.5 Å². The van der Waals surface area contributed by atoms with Crippen molar-refractivity contribution < 1.29 is 9.53 Å². The molecular weight excluding hydrogens is 212 g/mol. The van der Waals surface area contributed by atoms with Gasteiger partial charge in [-0.25, -0.2) is 4.79 Å². The van der Waals surface area contributed by atoms with Crippen LogP contribution in [0.3, 0.4) is 0 Å². The van der Waals surface area contributed by atoms with Gasteiger partial charge in [0.1, 0.15) is 6.10 Å². The highest BCUT2D eigenvalue weighted by Crippen LogP contribution is 2.60. The molecule has 1 unspecified atom stereocenters. The topological polar surface area (TPSA) is 26.3 Å². The number of carbonyl (C=O) groups is 1. The van der Waals surface area contributed by atoms with E-state index in [4.69, 9.17) is 4.74 Å². The molecule has 2 rings (SSSR count). The van der Waals surface area contributed by atoms with Gasteiger partial charge < -0.3 is 4.74 Å². The Morgan fingerprint density at radius 1 is 1.35 bits per heavy atom. The summed E-state index contributed by atoms with van der Waals surface area (Å²) in [4.78, 5) is 11.6. The normalized spacial score (nSPS) is 36.9. The second-order valence-electron chi connectivity index (χ2n) is 6.23. The molecule has 0 N–H and O–H groups in total. The minimum Gasteiger partial charge on any atom is -0.459 e. The monoisotopic (exact) mass is 234 g/mol. The molecule has 2 aliphatic rings. The molecule has 1 aliphatic heterocycles. The van der Waals surface area contributed by atoms with E-state index in [1.54, 1.807) is 0 Å². The zero-order valence-electron chi connectivity index (χ0n) is 11.4. The maximum atomic E-state index is 11.6. The smallest absolute Gasteiger partial charge is 0.334 e. The lowest BCUT2D eigenvalue weighted by molar-refractivity contribution is -0.138. The molecule has 1 saturated carbocycles. The van der Waals surface area contributed by atoms with Crippen LogP contribution in [-0.4, -0.2) is 12.1 Å². The molecule has 2 fully saturated rings. The molecule has 2 nitrogen and oxygen atoms in total. The van der Waals surface area contributed by atoms with Crippen molar-refractivity contribution in [1.82, 2.24) is 0 Å². The van der Waals surface area contributed by atoms with Crippen LogP contribution in [0.25, 0.3) is 0 Å². The van der Waals surface area contributed by atoms with E-state index < -0.39 is 0 Å². The van der Waals surface area contributed by atoms with E-state index in [1.807, 2.05) is 6.92 Å². The minimum atomic E-state index is -0.115. The van der Waals surface area contributed by atoms with Gasteiger partial charge in [-0.05, 0) is 38.0 Å². The van der Waals surface area contributed by atoms with Gasteiger partial charge in [0.05, 0.1) is 0 Å². The number of carbonyl (C=O) groups excluding carboxylic acids is 1. The quantitative estimate of drug-likeness (QED) is 0.415. The van der Waals surface area contributed by atoms with E-state index in [0.29, 0.717) is 11.8 Å². The molecule has 1 aliphatic carbocycles. The first-order valence-corrected chi connectivity index (χ1v) is 6.39. The van der Waals surface area contributed by atoms with Gasteiger partial charge in [0.2, 0.25) is 0 Å². The van der Waals surface area contributed by atoms with Crippen molar-refractivity contribution in [1.29, 1.82) is 0 Å². The summed E-state index contributed by atoms with van der Waals surface area (Å²) in [6.07, 6.45) is 5.30. The summed E-state index contributed by atoms with van der Waals surface area (Å²) in [6.45, 7) is 10.7. The SMILES string of the molecule is CC(C)=C[C@H]1[C@H](/C=C2\CC(C)OC2=O)C1(C)C. The number of hydrogen-bond acceptors (Lipinski definition) is 2. The zero-order valence-corrected chi connectivity index (χ0v) is 11.4. The fraction of sp³-hybridized carbons (Fsp3) is 0.667. The number of hydrogen-bond donors (Lipinski definition) is 0. The van der Waals surface area contributed by atoms with Crippen LogP contribution in [0.15, 0.2) is 23.3 Å². The number of cyclic esters (lactones) is 1. The number of ether oxygens (including phenoxy) is 1. The molecule has 0 radical (unpaired) electrons. The lowest BCUT2D eigenvalue weighted by atomic mass is 10.1. The molecule has 0 spiro atoms. The number of rotatable bonds is 2. The van der Waals surface area contributed by atoms with Gasteiger partial charge in [-0.2, -0.15) is 0 Å². The molecule has 1 heterocycles. The van der Waals surface area contributed by atoms with Crippen molar-refractivity contribution in [3.05, 3.63) is 23.3 Å². The molecule has 0 amide bonds. The van der Waals surface area contributed by atoms with Gasteiger partial charge in [-0.3, -0.25) is 0 Å². The second-order valence-corrected chi connectivity index (χ2v) is 6.23. The predicted molar refractivity (Wildman–Crippen MR) is 68.4 cm³/mol. The van der Waals surface area contributed by atoms with Gasteiger partial charge in [-0.1, -0.05) is 31.6 Å². The Morgan fingerprint density at radius 3 is 2.47 bits per heavy atom. The van der Waals surface area contributed by atoms with Gasteiger partial charge >= 0.3 is 5.97 Å². The summed E-state index contributed by atoms with van der Waals surface area (Å²) in [7, 11) is 0. The largest absolute Gasteiger partial charge is 0.459 e. The van der Waals surface area contributed by atoms with E-state index in [9.17, 15) is 4.79 Å². The lowest BCUT2D eigenvalue weighted by Gasteiger charge is -1.98. The molecular formula is C15H22O2. The highest BCUT2D eigenvalue weighted by Gasteiger charge is 2.55. The average Bonchev–Trinajstić information content (AvgIpc) is 2.51. The standard InChI is InChI=1S/C15H22O2/c1-9(2)6-12-13(15(12,4)5)8-11-7-10(3)17-14(11)16/h6,8,10,12-13H,7H2,1-5H3/b11-8+/t10?,12-,13-/m0/s1. The van der Waals surface area contributed by atoms with Crippen molar-refractivity contribution in [2.45, 2.75) is 47.1 Å². The number of esters is 1. The van der Waals surface area contributed by atoms with Crippen molar-refractivity contribution in [3.63, 3.8) is 0 Å². The lowest BCUT2D eigenvalue weighted by Crippen LogP contribution is -1.99. The molecule has 0 aromatic rings. The summed E-state index contributed by atoms with van der Waals surface area (Å²) in [6, 6.07) is 0. The number of allylic oxidation sites excluding steroid dienone is 3. The Balaban J connectivity index is 2.13. The van der Waals surface area contributed by atoms with Crippen molar-refractivity contribution in [2.75, 3.05) is 0 Å². The van der Waals surface area contributed by atoms with Gasteiger partial charge in [0, 0.05) is 12.0 Å². The van der Waals surface area contributed by atoms with Crippen molar-refractivity contribution >= 4 is 5.97 Å². The first-order valence-electron chi connectivity index (χ1n) is 6.39. The van der Waals surface area contributed by atoms with E-state index in [2.05, 4.69) is 39.8 Å². The van der Waals surface area contributed by atoms with Crippen LogP contribution in [0.2, 0.25) is 0 Å². The fourth-order valence-electron chi connectivity index (χ4n) is 2.76. The minimum absolute atomic E-state index is 0.0533. The van der Waals surface area contributed by atoms with Crippen LogP contribution in [-0.2, 0) is 9.53 Å². The Hall–Kier alpha value is -1.05. The highest BCUT2D eigenvalue weighted by atomic mass is 16.5. The molecule has 0 aromatic heterocycles. The Kier molecular flexibility index (Phi) is 2.92. The molecule has 94 valence electrons. The summed E-state index contributed by atoms with van der Waals surface area (Å²) in [5.74, 6) is 0.949. The molecule has 3 atom stereocenters. The van der Waals surface area contributed by atoms with Crippen molar-refractivity contribution in [2.24, 2.45) is 17.3 Å². The highest BCUT2D eigenvalue weighted by molar-refractivity contribution is 5.90. The van der Waals surface area contributed by atoms with E-state index in [1.165, 1.54) is 5.57 Å². The summed E-state index contributed by atoms with van der Waals surface area (Å²) in [5, 5.41) is 0. The van der Waals surface area contributed by atoms with Crippen molar-refractivity contribution in [3.8, 4) is 0 Å². The zero-order chi connectivity index (χ0) is 12.8. The van der Waals surface area contributed by atoms with Gasteiger partial charge in [-0.15, -0.1) is 0 Å². The van der Waals surface area contributed by atoms with Crippen LogP contribution in [0.1, 0.15) is 41.0 Å². The summed E-state index contributed by atoms with van der Waals surface area (Å²) >= 11 is 0. The van der Waals surface area contributed by atoms with E-state index >= 15 is 0 Å². The van der Waals surface area contributed by atoms with Crippen LogP contribution in [0, 0.1) is 17.3 Å². The van der Waals surface area contributed by atoms with Gasteiger partial charge in [0.25, 0.3) is 0 Å². The van der Waals surface area contributed by atoms with Crippen LogP contribution >= 0.6 is 0 Å². The summed E-state index contributed by atoms with van der Waals surface area (Å²) in [5.41, 5.74) is 2.52.